The van der Waals surface area contributed by atoms with Crippen LogP contribution in [0.5, 0.6) is 16.7 Å². The van der Waals surface area contributed by atoms with Crippen molar-refractivity contribution in [1.29, 1.82) is 0 Å². The maximum atomic E-state index is 10.7. The fourth-order valence-electron chi connectivity index (χ4n) is 2.03. The summed E-state index contributed by atoms with van der Waals surface area (Å²) < 4.78 is 11.9. The third-order valence-electron chi connectivity index (χ3n) is 2.91. The number of carboxylic acid groups (broad SMARTS) is 1. The molecule has 0 fully saturated rings. The van der Waals surface area contributed by atoms with E-state index in [2.05, 4.69) is 10.3 Å². The molecule has 3 rings (SSSR count). The molecule has 0 saturated heterocycles. The Morgan fingerprint density at radius 3 is 2.91 bits per heavy atom. The number of methoxy groups -OCH3 is 1. The number of para-hydroxylation sites is 1. The number of anilines is 1. The van der Waals surface area contributed by atoms with Crippen LogP contribution in [0.1, 0.15) is 0 Å². The highest BCUT2D eigenvalue weighted by Gasteiger charge is 2.11. The first kappa shape index (κ1) is 15.4. The molecule has 0 saturated carbocycles. The number of halogens is 1. The number of rotatable bonds is 4. The van der Waals surface area contributed by atoms with Gasteiger partial charge in [-0.3, -0.25) is 5.32 Å². The number of thiazole rings is 1. The Morgan fingerprint density at radius 1 is 1.35 bits per heavy atom. The van der Waals surface area contributed by atoms with Gasteiger partial charge >= 0.3 is 6.09 Å². The van der Waals surface area contributed by atoms with Gasteiger partial charge in [0.2, 0.25) is 0 Å². The molecule has 0 aliphatic rings. The molecule has 0 atom stereocenters. The van der Waals surface area contributed by atoms with E-state index < -0.39 is 6.09 Å². The molecule has 1 heterocycles. The predicted molar refractivity (Wildman–Crippen MR) is 89.3 cm³/mol. The van der Waals surface area contributed by atoms with E-state index >= 15 is 0 Å². The monoisotopic (exact) mass is 350 g/mol. The number of benzene rings is 2. The van der Waals surface area contributed by atoms with Gasteiger partial charge in [0, 0.05) is 16.8 Å². The number of ether oxygens (including phenoxy) is 2. The highest BCUT2D eigenvalue weighted by atomic mass is 35.5. The second kappa shape index (κ2) is 6.31. The molecule has 0 bridgehead atoms. The number of hydrogen-bond donors (Lipinski definition) is 2. The summed E-state index contributed by atoms with van der Waals surface area (Å²) in [4.78, 5) is 15.1. The van der Waals surface area contributed by atoms with Crippen molar-refractivity contribution in [3.05, 3.63) is 41.4 Å². The fraction of sp³-hybridized carbons (Fsp3) is 0.0667. The highest BCUT2D eigenvalue weighted by Crippen LogP contribution is 2.36. The van der Waals surface area contributed by atoms with Crippen LogP contribution >= 0.6 is 22.9 Å². The van der Waals surface area contributed by atoms with Crippen molar-refractivity contribution >= 4 is 44.9 Å². The zero-order chi connectivity index (χ0) is 16.4. The Hall–Kier alpha value is -2.51. The average Bonchev–Trinajstić information content (AvgIpc) is 2.87. The van der Waals surface area contributed by atoms with Gasteiger partial charge in [-0.25, -0.2) is 4.79 Å². The zero-order valence-corrected chi connectivity index (χ0v) is 13.4. The second-order valence-electron chi connectivity index (χ2n) is 4.49. The van der Waals surface area contributed by atoms with E-state index in [0.717, 1.165) is 4.70 Å². The van der Waals surface area contributed by atoms with Crippen LogP contribution < -0.4 is 14.8 Å². The molecule has 2 N–H and O–H groups in total. The van der Waals surface area contributed by atoms with E-state index in [1.165, 1.54) is 23.5 Å². The topological polar surface area (TPSA) is 80.7 Å². The summed E-state index contributed by atoms with van der Waals surface area (Å²) in [7, 11) is 1.58. The standard InChI is InChI=1S/C15H11ClN2O4S/c1-21-11-3-2-4-12-13(11)18-15(23-12)22-10-6-8(16)5-9(7-10)17-14(19)20/h2-7,17H,1H3,(H,19,20). The molecular weight excluding hydrogens is 340 g/mol. The van der Waals surface area contributed by atoms with Gasteiger partial charge in [0.1, 0.15) is 17.0 Å². The lowest BCUT2D eigenvalue weighted by Crippen LogP contribution is -2.07. The molecule has 6 nitrogen and oxygen atoms in total. The summed E-state index contributed by atoms with van der Waals surface area (Å²) in [5, 5.41) is 11.8. The average molecular weight is 351 g/mol. The largest absolute Gasteiger partial charge is 0.494 e. The maximum Gasteiger partial charge on any atom is 0.409 e. The number of carbonyl (C=O) groups is 1. The Bertz CT molecular complexity index is 881. The van der Waals surface area contributed by atoms with E-state index in [-0.39, 0.29) is 0 Å². The van der Waals surface area contributed by atoms with Gasteiger partial charge in [0.15, 0.2) is 0 Å². The molecule has 0 spiro atoms. The van der Waals surface area contributed by atoms with E-state index in [1.54, 1.807) is 13.2 Å². The molecule has 1 amide bonds. The molecule has 0 aliphatic heterocycles. The minimum absolute atomic E-state index is 0.318. The van der Waals surface area contributed by atoms with Crippen molar-refractivity contribution in [2.75, 3.05) is 12.4 Å². The van der Waals surface area contributed by atoms with E-state index in [9.17, 15) is 4.79 Å². The number of nitrogens with zero attached hydrogens (tertiary/aromatic N) is 1. The summed E-state index contributed by atoms with van der Waals surface area (Å²) >= 11 is 7.33. The summed E-state index contributed by atoms with van der Waals surface area (Å²) in [5.41, 5.74) is 1.03. The van der Waals surface area contributed by atoms with Gasteiger partial charge in [-0.2, -0.15) is 4.98 Å². The van der Waals surface area contributed by atoms with Crippen LogP contribution in [0.15, 0.2) is 36.4 Å². The van der Waals surface area contributed by atoms with E-state index in [1.807, 2.05) is 18.2 Å². The van der Waals surface area contributed by atoms with Crippen LogP contribution in [-0.4, -0.2) is 23.3 Å². The van der Waals surface area contributed by atoms with Gasteiger partial charge in [0.25, 0.3) is 5.19 Å². The van der Waals surface area contributed by atoms with E-state index in [0.29, 0.717) is 32.9 Å². The van der Waals surface area contributed by atoms with Crippen LogP contribution in [0.4, 0.5) is 10.5 Å². The lowest BCUT2D eigenvalue weighted by atomic mass is 10.3. The Morgan fingerprint density at radius 2 is 2.17 bits per heavy atom. The molecule has 1 aromatic heterocycles. The van der Waals surface area contributed by atoms with Crippen molar-refractivity contribution in [1.82, 2.24) is 4.98 Å². The quantitative estimate of drug-likeness (QED) is 0.703. The normalized spacial score (nSPS) is 10.5. The van der Waals surface area contributed by atoms with Crippen molar-refractivity contribution in [2.45, 2.75) is 0 Å². The molecule has 8 heteroatoms. The molecule has 0 aliphatic carbocycles. The fourth-order valence-corrected chi connectivity index (χ4v) is 3.11. The van der Waals surface area contributed by atoms with Crippen molar-refractivity contribution in [3.8, 4) is 16.7 Å². The third-order valence-corrected chi connectivity index (χ3v) is 4.03. The smallest absolute Gasteiger partial charge is 0.409 e. The van der Waals surface area contributed by atoms with Crippen LogP contribution in [-0.2, 0) is 0 Å². The van der Waals surface area contributed by atoms with Gasteiger partial charge < -0.3 is 14.6 Å². The van der Waals surface area contributed by atoms with Crippen LogP contribution in [0.25, 0.3) is 10.2 Å². The van der Waals surface area contributed by atoms with Crippen molar-refractivity contribution < 1.29 is 19.4 Å². The minimum atomic E-state index is -1.18. The number of amides is 1. The first-order valence-electron chi connectivity index (χ1n) is 6.47. The second-order valence-corrected chi connectivity index (χ2v) is 5.92. The number of aromatic nitrogens is 1. The van der Waals surface area contributed by atoms with Gasteiger partial charge in [-0.15, -0.1) is 0 Å². The van der Waals surface area contributed by atoms with Gasteiger partial charge in [-0.1, -0.05) is 29.0 Å². The lowest BCUT2D eigenvalue weighted by molar-refractivity contribution is 0.210. The molecule has 2 aromatic carbocycles. The van der Waals surface area contributed by atoms with Crippen LogP contribution in [0.3, 0.4) is 0 Å². The summed E-state index contributed by atoms with van der Waals surface area (Å²) in [5.74, 6) is 1.05. The molecular formula is C15H11ClN2O4S. The molecule has 3 aromatic rings. The van der Waals surface area contributed by atoms with Gasteiger partial charge in [-0.05, 0) is 24.3 Å². The van der Waals surface area contributed by atoms with Crippen LogP contribution in [0.2, 0.25) is 5.02 Å². The predicted octanol–water partition coefficient (Wildman–Crippen LogP) is 4.84. The van der Waals surface area contributed by atoms with Crippen molar-refractivity contribution in [2.24, 2.45) is 0 Å². The zero-order valence-electron chi connectivity index (χ0n) is 11.9. The molecule has 118 valence electrons. The molecule has 23 heavy (non-hydrogen) atoms. The number of hydrogen-bond acceptors (Lipinski definition) is 5. The van der Waals surface area contributed by atoms with Crippen LogP contribution in [0, 0.1) is 0 Å². The lowest BCUT2D eigenvalue weighted by Gasteiger charge is -2.06. The highest BCUT2D eigenvalue weighted by molar-refractivity contribution is 7.20. The van der Waals surface area contributed by atoms with Crippen molar-refractivity contribution in [3.63, 3.8) is 0 Å². The van der Waals surface area contributed by atoms with Gasteiger partial charge in [0.05, 0.1) is 11.8 Å². The number of nitrogens with one attached hydrogen (secondary N) is 1. The number of fused-ring (bicyclic) bond motifs is 1. The Balaban J connectivity index is 1.92. The summed E-state index contributed by atoms with van der Waals surface area (Å²) in [6, 6.07) is 10.2. The maximum absolute atomic E-state index is 10.7. The summed E-state index contributed by atoms with van der Waals surface area (Å²) in [6.07, 6.45) is -1.18. The third kappa shape index (κ3) is 3.46. The Kier molecular flexibility index (Phi) is 4.22. The SMILES string of the molecule is COc1cccc2sc(Oc3cc(Cl)cc(NC(=O)O)c3)nc12. The molecule has 0 unspecified atom stereocenters. The minimum Gasteiger partial charge on any atom is -0.494 e. The molecule has 0 radical (unpaired) electrons. The first-order chi connectivity index (χ1) is 11.0. The first-order valence-corrected chi connectivity index (χ1v) is 7.66. The Labute approximate surface area is 140 Å². The summed E-state index contributed by atoms with van der Waals surface area (Å²) in [6.45, 7) is 0. The van der Waals surface area contributed by atoms with E-state index in [4.69, 9.17) is 26.2 Å².